The Labute approximate surface area is 130 Å². The summed E-state index contributed by atoms with van der Waals surface area (Å²) in [5.74, 6) is -0.330. The summed E-state index contributed by atoms with van der Waals surface area (Å²) >= 11 is 0. The maximum absolute atomic E-state index is 11.6. The first-order valence-corrected chi connectivity index (χ1v) is 8.88. The lowest BCUT2D eigenvalue weighted by Crippen LogP contribution is -2.11. The van der Waals surface area contributed by atoms with Crippen LogP contribution in [0.2, 0.25) is 0 Å². The highest BCUT2D eigenvalue weighted by molar-refractivity contribution is 5.95. The average Bonchev–Trinajstić information content (AvgIpc) is 2.45. The summed E-state index contributed by atoms with van der Waals surface area (Å²) < 4.78 is 4.98. The largest absolute Gasteiger partial charge is 0.465 e. The first-order valence-electron chi connectivity index (χ1n) is 8.88. The van der Waals surface area contributed by atoms with Crippen molar-refractivity contribution in [3.8, 4) is 0 Å². The first-order chi connectivity index (χ1) is 10.2. The second-order valence-corrected chi connectivity index (χ2v) is 5.87. The minimum Gasteiger partial charge on any atom is -0.465 e. The molecule has 0 aromatic carbocycles. The molecular weight excluding hydrogens is 264 g/mol. The molecule has 0 atom stereocenters. The molecule has 0 aliphatic rings. The third-order valence-corrected chi connectivity index (χ3v) is 3.66. The Morgan fingerprint density at radius 3 is 1.81 bits per heavy atom. The SMILES string of the molecule is CCCCCCCCCCCC(=O)CC(=O)OCCCC. The Bertz CT molecular complexity index is 261. The van der Waals surface area contributed by atoms with Crippen molar-refractivity contribution in [2.24, 2.45) is 0 Å². The van der Waals surface area contributed by atoms with Gasteiger partial charge in [-0.1, -0.05) is 71.6 Å². The highest BCUT2D eigenvalue weighted by atomic mass is 16.5. The minimum atomic E-state index is -0.357. The zero-order valence-electron chi connectivity index (χ0n) is 14.1. The van der Waals surface area contributed by atoms with E-state index >= 15 is 0 Å². The van der Waals surface area contributed by atoms with Gasteiger partial charge in [0.15, 0.2) is 0 Å². The molecule has 0 bridgehead atoms. The molecule has 0 rings (SSSR count). The molecule has 0 radical (unpaired) electrons. The van der Waals surface area contributed by atoms with Crippen LogP contribution in [0.1, 0.15) is 97.3 Å². The molecule has 0 aromatic rings. The van der Waals surface area contributed by atoms with Gasteiger partial charge in [-0.3, -0.25) is 9.59 Å². The van der Waals surface area contributed by atoms with Crippen molar-refractivity contribution < 1.29 is 14.3 Å². The van der Waals surface area contributed by atoms with Crippen molar-refractivity contribution in [2.75, 3.05) is 6.61 Å². The molecule has 0 saturated carbocycles. The van der Waals surface area contributed by atoms with E-state index in [0.717, 1.165) is 25.7 Å². The fraction of sp³-hybridized carbons (Fsp3) is 0.889. The molecule has 0 spiro atoms. The number of unbranched alkanes of at least 4 members (excludes halogenated alkanes) is 9. The number of Topliss-reactive ketones (excluding diaryl/α,β-unsaturated/α-hetero) is 1. The summed E-state index contributed by atoms with van der Waals surface area (Å²) in [7, 11) is 0. The molecule has 0 aromatic heterocycles. The van der Waals surface area contributed by atoms with Crippen LogP contribution in [-0.2, 0) is 14.3 Å². The molecule has 0 heterocycles. The van der Waals surface area contributed by atoms with Gasteiger partial charge in [0.2, 0.25) is 0 Å². The van der Waals surface area contributed by atoms with Gasteiger partial charge in [-0.15, -0.1) is 0 Å². The third kappa shape index (κ3) is 15.3. The van der Waals surface area contributed by atoms with Gasteiger partial charge in [-0.05, 0) is 12.8 Å². The van der Waals surface area contributed by atoms with Crippen molar-refractivity contribution in [1.29, 1.82) is 0 Å². The van der Waals surface area contributed by atoms with Gasteiger partial charge in [0.25, 0.3) is 0 Å². The highest BCUT2D eigenvalue weighted by Gasteiger charge is 2.10. The van der Waals surface area contributed by atoms with E-state index in [2.05, 4.69) is 6.92 Å². The number of hydrogen-bond acceptors (Lipinski definition) is 3. The van der Waals surface area contributed by atoms with Crippen LogP contribution in [0, 0.1) is 0 Å². The Balaban J connectivity index is 3.31. The van der Waals surface area contributed by atoms with Crippen molar-refractivity contribution >= 4 is 11.8 Å². The van der Waals surface area contributed by atoms with E-state index < -0.39 is 0 Å². The summed E-state index contributed by atoms with van der Waals surface area (Å²) in [5.41, 5.74) is 0. The van der Waals surface area contributed by atoms with E-state index in [-0.39, 0.29) is 18.2 Å². The molecule has 0 amide bonds. The number of esters is 1. The summed E-state index contributed by atoms with van der Waals surface area (Å²) in [5, 5.41) is 0. The summed E-state index contributed by atoms with van der Waals surface area (Å²) in [4.78, 5) is 22.9. The number of carbonyl (C=O) groups is 2. The predicted octanol–water partition coefficient (Wildman–Crippen LogP) is 5.21. The summed E-state index contributed by atoms with van der Waals surface area (Å²) in [6.07, 6.45) is 13.5. The molecular formula is C18H34O3. The number of ketones is 1. The Morgan fingerprint density at radius 1 is 0.714 bits per heavy atom. The third-order valence-electron chi connectivity index (χ3n) is 3.66. The zero-order chi connectivity index (χ0) is 15.8. The van der Waals surface area contributed by atoms with E-state index in [4.69, 9.17) is 4.74 Å². The van der Waals surface area contributed by atoms with E-state index in [0.29, 0.717) is 13.0 Å². The molecule has 0 N–H and O–H groups in total. The van der Waals surface area contributed by atoms with Crippen LogP contribution in [0.25, 0.3) is 0 Å². The molecule has 3 nitrogen and oxygen atoms in total. The van der Waals surface area contributed by atoms with Crippen LogP contribution in [-0.4, -0.2) is 18.4 Å². The van der Waals surface area contributed by atoms with E-state index in [1.807, 2.05) is 6.92 Å². The van der Waals surface area contributed by atoms with Gasteiger partial charge < -0.3 is 4.74 Å². The maximum atomic E-state index is 11.6. The molecule has 3 heteroatoms. The smallest absolute Gasteiger partial charge is 0.313 e. The second-order valence-electron chi connectivity index (χ2n) is 5.87. The predicted molar refractivity (Wildman–Crippen MR) is 87.3 cm³/mol. The first kappa shape index (κ1) is 20.1. The normalized spacial score (nSPS) is 10.6. The minimum absolute atomic E-state index is 0.0273. The standard InChI is InChI=1S/C18H34O3/c1-3-5-7-8-9-10-11-12-13-14-17(19)16-18(20)21-15-6-4-2/h3-16H2,1-2H3. The zero-order valence-corrected chi connectivity index (χ0v) is 14.1. The van der Waals surface area contributed by atoms with Crippen LogP contribution < -0.4 is 0 Å². The number of carbonyl (C=O) groups excluding carboxylic acids is 2. The van der Waals surface area contributed by atoms with Crippen molar-refractivity contribution in [3.05, 3.63) is 0 Å². The summed E-state index contributed by atoms with van der Waals surface area (Å²) in [6, 6.07) is 0. The van der Waals surface area contributed by atoms with Crippen LogP contribution in [0.3, 0.4) is 0 Å². The van der Waals surface area contributed by atoms with Gasteiger partial charge in [0.05, 0.1) is 6.61 Å². The topological polar surface area (TPSA) is 43.4 Å². The van der Waals surface area contributed by atoms with Crippen molar-refractivity contribution in [1.82, 2.24) is 0 Å². The van der Waals surface area contributed by atoms with Gasteiger partial charge in [-0.25, -0.2) is 0 Å². The fourth-order valence-corrected chi connectivity index (χ4v) is 2.26. The van der Waals surface area contributed by atoms with Gasteiger partial charge >= 0.3 is 5.97 Å². The highest BCUT2D eigenvalue weighted by Crippen LogP contribution is 2.11. The van der Waals surface area contributed by atoms with Gasteiger partial charge in [0, 0.05) is 6.42 Å². The number of rotatable bonds is 15. The molecule has 0 aliphatic heterocycles. The van der Waals surface area contributed by atoms with Gasteiger partial charge in [-0.2, -0.15) is 0 Å². The van der Waals surface area contributed by atoms with Crippen LogP contribution in [0.15, 0.2) is 0 Å². The molecule has 0 fully saturated rings. The quantitative estimate of drug-likeness (QED) is 0.237. The van der Waals surface area contributed by atoms with Crippen LogP contribution in [0.5, 0.6) is 0 Å². The molecule has 21 heavy (non-hydrogen) atoms. The van der Waals surface area contributed by atoms with Crippen LogP contribution >= 0.6 is 0 Å². The molecule has 0 saturated heterocycles. The van der Waals surface area contributed by atoms with Crippen molar-refractivity contribution in [2.45, 2.75) is 97.3 Å². The van der Waals surface area contributed by atoms with Gasteiger partial charge in [0.1, 0.15) is 12.2 Å². The van der Waals surface area contributed by atoms with Crippen LogP contribution in [0.4, 0.5) is 0 Å². The molecule has 0 aliphatic carbocycles. The summed E-state index contributed by atoms with van der Waals surface area (Å²) in [6.45, 7) is 4.72. The lowest BCUT2D eigenvalue weighted by Gasteiger charge is -2.04. The number of ether oxygens (including phenoxy) is 1. The number of hydrogen-bond donors (Lipinski definition) is 0. The fourth-order valence-electron chi connectivity index (χ4n) is 2.26. The Kier molecular flexibility index (Phi) is 14.9. The maximum Gasteiger partial charge on any atom is 0.313 e. The molecule has 0 unspecified atom stereocenters. The Morgan fingerprint density at radius 2 is 1.24 bits per heavy atom. The van der Waals surface area contributed by atoms with Crippen molar-refractivity contribution in [3.63, 3.8) is 0 Å². The Hall–Kier alpha value is -0.860. The lowest BCUT2D eigenvalue weighted by atomic mass is 10.0. The lowest BCUT2D eigenvalue weighted by molar-refractivity contribution is -0.146. The second kappa shape index (κ2) is 15.5. The van der Waals surface area contributed by atoms with E-state index in [1.54, 1.807) is 0 Å². The van der Waals surface area contributed by atoms with E-state index in [1.165, 1.54) is 44.9 Å². The molecule has 124 valence electrons. The van der Waals surface area contributed by atoms with E-state index in [9.17, 15) is 9.59 Å². The monoisotopic (exact) mass is 298 g/mol. The average molecular weight is 298 g/mol.